The number of alkyl halides is 3. The number of primary amides is 1. The van der Waals surface area contributed by atoms with Gasteiger partial charge in [0.2, 0.25) is 17.7 Å². The fourth-order valence-electron chi connectivity index (χ4n) is 4.33. The number of hydrogen-bond acceptors (Lipinski definition) is 5. The Morgan fingerprint density at radius 3 is 2.34 bits per heavy atom. The minimum Gasteiger partial charge on any atom is -0.391 e. The summed E-state index contributed by atoms with van der Waals surface area (Å²) in [6, 6.07) is -1.87. The standard InChI is InChI=1S/C24H39F3N4O4/c1-15(2)7-5-4-6-8-18(29-16(3)9-10-24(25,26)27)21(34)31-14-17(32)13-19(31)20(33)30-23(11-12-23)22(28)35/h15,17-19,29,32H,3-14H2,1-2H3,(H2,28,35)(H,30,33)/t17-,18+,19+/m1/s1. The Labute approximate surface area is 204 Å². The molecule has 0 aromatic rings. The number of aliphatic hydroxyl groups excluding tert-OH is 1. The zero-order valence-corrected chi connectivity index (χ0v) is 20.6. The molecule has 2 aliphatic rings. The molecule has 3 atom stereocenters. The molecule has 1 aliphatic carbocycles. The van der Waals surface area contributed by atoms with Crippen LogP contribution in [-0.2, 0) is 14.4 Å². The highest BCUT2D eigenvalue weighted by Crippen LogP contribution is 2.35. The minimum atomic E-state index is -4.34. The highest BCUT2D eigenvalue weighted by atomic mass is 19.4. The van der Waals surface area contributed by atoms with Crippen molar-refractivity contribution >= 4 is 17.7 Å². The van der Waals surface area contributed by atoms with Crippen LogP contribution in [0.25, 0.3) is 0 Å². The molecular weight excluding hydrogens is 465 g/mol. The van der Waals surface area contributed by atoms with Crippen LogP contribution in [0.1, 0.15) is 78.1 Å². The monoisotopic (exact) mass is 504 g/mol. The minimum absolute atomic E-state index is 0.00252. The third kappa shape index (κ3) is 9.01. The summed E-state index contributed by atoms with van der Waals surface area (Å²) in [6.07, 6.45) is -1.99. The number of carbonyl (C=O) groups is 3. The second-order valence-electron chi connectivity index (χ2n) is 10.3. The third-order valence-corrected chi connectivity index (χ3v) is 6.61. The Kier molecular flexibility index (Phi) is 10.00. The average molecular weight is 505 g/mol. The molecule has 2 fully saturated rings. The highest BCUT2D eigenvalue weighted by Gasteiger charge is 2.52. The SMILES string of the molecule is C=C(CCC(F)(F)F)N[C@@H](CCCCCC(C)C)C(=O)N1C[C@H](O)C[C@H]1C(=O)NC1(C(N)=O)CC1. The van der Waals surface area contributed by atoms with Crippen molar-refractivity contribution in [3.8, 4) is 0 Å². The van der Waals surface area contributed by atoms with Gasteiger partial charge in [-0.1, -0.05) is 46.1 Å². The third-order valence-electron chi connectivity index (χ3n) is 6.61. The Hall–Kier alpha value is -2.30. The van der Waals surface area contributed by atoms with E-state index in [0.29, 0.717) is 31.6 Å². The number of amides is 3. The number of aliphatic hydroxyl groups is 1. The Bertz CT molecular complexity index is 783. The molecule has 3 amide bonds. The number of allylic oxidation sites excluding steroid dienone is 1. The summed E-state index contributed by atoms with van der Waals surface area (Å²) in [5, 5.41) is 15.7. The first-order valence-corrected chi connectivity index (χ1v) is 12.4. The molecule has 35 heavy (non-hydrogen) atoms. The van der Waals surface area contributed by atoms with E-state index in [2.05, 4.69) is 31.1 Å². The Balaban J connectivity index is 2.08. The lowest BCUT2D eigenvalue weighted by Gasteiger charge is -2.30. The zero-order valence-electron chi connectivity index (χ0n) is 20.6. The number of halogens is 3. The molecule has 0 radical (unpaired) electrons. The molecule has 200 valence electrons. The molecule has 0 bridgehead atoms. The van der Waals surface area contributed by atoms with Crippen LogP contribution < -0.4 is 16.4 Å². The van der Waals surface area contributed by atoms with Crippen LogP contribution in [0.15, 0.2) is 12.3 Å². The number of β-amino-alcohol motifs (C(OH)–C–C–N with tert-alkyl or cyclic N) is 1. The second kappa shape index (κ2) is 12.1. The van der Waals surface area contributed by atoms with Crippen molar-refractivity contribution < 1.29 is 32.7 Å². The molecule has 1 saturated heterocycles. The van der Waals surface area contributed by atoms with Gasteiger partial charge in [-0.15, -0.1) is 0 Å². The van der Waals surface area contributed by atoms with Crippen LogP contribution >= 0.6 is 0 Å². The van der Waals surface area contributed by atoms with Crippen molar-refractivity contribution in [3.05, 3.63) is 12.3 Å². The van der Waals surface area contributed by atoms with Crippen molar-refractivity contribution in [3.63, 3.8) is 0 Å². The predicted molar refractivity (Wildman–Crippen MR) is 125 cm³/mol. The van der Waals surface area contributed by atoms with Gasteiger partial charge in [-0.2, -0.15) is 13.2 Å². The molecule has 11 heteroatoms. The van der Waals surface area contributed by atoms with Gasteiger partial charge >= 0.3 is 6.18 Å². The van der Waals surface area contributed by atoms with E-state index in [1.54, 1.807) is 0 Å². The number of nitrogens with one attached hydrogen (secondary N) is 2. The quantitative estimate of drug-likeness (QED) is 0.271. The van der Waals surface area contributed by atoms with Gasteiger partial charge < -0.3 is 26.4 Å². The molecule has 1 aliphatic heterocycles. The molecule has 0 aromatic heterocycles. The van der Waals surface area contributed by atoms with E-state index in [1.807, 2.05) is 0 Å². The normalized spacial score (nSPS) is 22.1. The number of nitrogens with zero attached hydrogens (tertiary/aromatic N) is 1. The van der Waals surface area contributed by atoms with Gasteiger partial charge in [0.1, 0.15) is 17.6 Å². The van der Waals surface area contributed by atoms with Crippen molar-refractivity contribution in [1.82, 2.24) is 15.5 Å². The van der Waals surface area contributed by atoms with E-state index in [4.69, 9.17) is 5.73 Å². The summed E-state index contributed by atoms with van der Waals surface area (Å²) < 4.78 is 37.9. The lowest BCUT2D eigenvalue weighted by molar-refractivity contribution is -0.141. The van der Waals surface area contributed by atoms with Gasteiger partial charge in [0.15, 0.2) is 0 Å². The second-order valence-corrected chi connectivity index (χ2v) is 10.3. The Morgan fingerprint density at radius 1 is 1.17 bits per heavy atom. The van der Waals surface area contributed by atoms with Gasteiger partial charge in [-0.25, -0.2) is 0 Å². The van der Waals surface area contributed by atoms with Gasteiger partial charge in [0, 0.05) is 25.1 Å². The van der Waals surface area contributed by atoms with Crippen LogP contribution in [-0.4, -0.2) is 64.2 Å². The number of hydrogen-bond donors (Lipinski definition) is 4. The largest absolute Gasteiger partial charge is 0.391 e. The molecule has 2 rings (SSSR count). The summed E-state index contributed by atoms with van der Waals surface area (Å²) in [6.45, 7) is 7.81. The van der Waals surface area contributed by atoms with E-state index in [-0.39, 0.29) is 25.1 Å². The molecule has 5 N–H and O–H groups in total. The first-order chi connectivity index (χ1) is 16.2. The number of nitrogens with two attached hydrogens (primary N) is 1. The van der Waals surface area contributed by atoms with Crippen molar-refractivity contribution in [2.24, 2.45) is 11.7 Å². The summed E-state index contributed by atoms with van der Waals surface area (Å²) in [5.74, 6) is -1.15. The summed E-state index contributed by atoms with van der Waals surface area (Å²) in [7, 11) is 0. The van der Waals surface area contributed by atoms with E-state index >= 15 is 0 Å². The van der Waals surface area contributed by atoms with Crippen molar-refractivity contribution in [2.75, 3.05) is 6.54 Å². The summed E-state index contributed by atoms with van der Waals surface area (Å²) in [4.78, 5) is 39.3. The number of likely N-dealkylation sites (tertiary alicyclic amines) is 1. The maximum Gasteiger partial charge on any atom is 0.389 e. The molecule has 0 aromatic carbocycles. The molecule has 8 nitrogen and oxygen atoms in total. The smallest absolute Gasteiger partial charge is 0.389 e. The predicted octanol–water partition coefficient (Wildman–Crippen LogP) is 2.50. The number of carbonyl (C=O) groups excluding carboxylic acids is 3. The fraction of sp³-hybridized carbons (Fsp3) is 0.792. The van der Waals surface area contributed by atoms with Gasteiger partial charge in [-0.05, 0) is 31.6 Å². The zero-order chi connectivity index (χ0) is 26.4. The van der Waals surface area contributed by atoms with E-state index in [9.17, 15) is 32.7 Å². The fourth-order valence-corrected chi connectivity index (χ4v) is 4.33. The molecule has 1 heterocycles. The van der Waals surface area contributed by atoms with E-state index in [0.717, 1.165) is 19.3 Å². The average Bonchev–Trinajstić information content (AvgIpc) is 3.43. The highest BCUT2D eigenvalue weighted by molar-refractivity contribution is 5.96. The molecule has 0 unspecified atom stereocenters. The topological polar surface area (TPSA) is 125 Å². The number of rotatable bonds is 14. The molecular formula is C24H39F3N4O4. The molecule has 1 saturated carbocycles. The van der Waals surface area contributed by atoms with Gasteiger partial charge in [0.25, 0.3) is 0 Å². The Morgan fingerprint density at radius 2 is 1.80 bits per heavy atom. The maximum atomic E-state index is 13.4. The number of unbranched alkanes of at least 4 members (excludes halogenated alkanes) is 2. The molecule has 0 spiro atoms. The summed E-state index contributed by atoms with van der Waals surface area (Å²) >= 11 is 0. The van der Waals surface area contributed by atoms with Gasteiger partial charge in [0.05, 0.1) is 6.10 Å². The van der Waals surface area contributed by atoms with E-state index < -0.39 is 54.0 Å². The van der Waals surface area contributed by atoms with Crippen LogP contribution in [0.5, 0.6) is 0 Å². The maximum absolute atomic E-state index is 13.4. The van der Waals surface area contributed by atoms with Crippen molar-refractivity contribution in [2.45, 2.75) is 108 Å². The van der Waals surface area contributed by atoms with Crippen LogP contribution in [0, 0.1) is 5.92 Å². The lowest BCUT2D eigenvalue weighted by Crippen LogP contribution is -2.56. The van der Waals surface area contributed by atoms with Crippen molar-refractivity contribution in [1.29, 1.82) is 0 Å². The van der Waals surface area contributed by atoms with Crippen LogP contribution in [0.2, 0.25) is 0 Å². The lowest BCUT2D eigenvalue weighted by atomic mass is 10.0. The summed E-state index contributed by atoms with van der Waals surface area (Å²) in [5.41, 5.74) is 4.36. The van der Waals surface area contributed by atoms with E-state index in [1.165, 1.54) is 4.90 Å². The first kappa shape index (κ1) is 28.9. The van der Waals surface area contributed by atoms with Crippen LogP contribution in [0.3, 0.4) is 0 Å². The first-order valence-electron chi connectivity index (χ1n) is 12.4. The van der Waals surface area contributed by atoms with Gasteiger partial charge in [-0.3, -0.25) is 14.4 Å². The van der Waals surface area contributed by atoms with Crippen LogP contribution in [0.4, 0.5) is 13.2 Å².